The van der Waals surface area contributed by atoms with Crippen molar-refractivity contribution in [3.05, 3.63) is 47.7 Å². The largest absolute Gasteiger partial charge is 0.496 e. The van der Waals surface area contributed by atoms with Crippen molar-refractivity contribution in [1.82, 2.24) is 4.98 Å². The number of rotatable bonds is 4. The van der Waals surface area contributed by atoms with Gasteiger partial charge in [-0.05, 0) is 30.7 Å². The zero-order valence-electron chi connectivity index (χ0n) is 10.9. The van der Waals surface area contributed by atoms with E-state index in [1.165, 1.54) is 0 Å². The van der Waals surface area contributed by atoms with Gasteiger partial charge in [-0.15, -0.1) is 0 Å². The van der Waals surface area contributed by atoms with Crippen LogP contribution in [0.5, 0.6) is 5.75 Å². The molecule has 0 saturated carbocycles. The normalized spacial score (nSPS) is 10.2. The molecular weight excluding hydrogens is 242 g/mol. The van der Waals surface area contributed by atoms with Gasteiger partial charge in [-0.25, -0.2) is 4.79 Å². The molecule has 0 bridgehead atoms. The molecule has 1 heterocycles. The number of ether oxygens (including phenoxy) is 1. The average Bonchev–Trinajstić information content (AvgIpc) is 2.46. The number of carboxylic acid groups (broad SMARTS) is 1. The van der Waals surface area contributed by atoms with E-state index in [9.17, 15) is 4.79 Å². The molecule has 19 heavy (non-hydrogen) atoms. The Morgan fingerprint density at radius 2 is 2.00 bits per heavy atom. The van der Waals surface area contributed by atoms with Crippen molar-refractivity contribution < 1.29 is 14.6 Å². The molecule has 4 heteroatoms. The fraction of sp³-hybridized carbons (Fsp3) is 0.200. The molecule has 0 aliphatic rings. The average molecular weight is 257 g/mol. The molecule has 0 aliphatic carbocycles. The standard InChI is InChI=1S/C15H15NO3/c1-3-12-11(15(17)18)8-9-13(16-12)10-6-4-5-7-14(10)19-2/h4-9H,3H2,1-2H3,(H,17,18). The van der Waals surface area contributed by atoms with Crippen LogP contribution in [0.15, 0.2) is 36.4 Å². The third kappa shape index (κ3) is 2.57. The second-order valence-electron chi connectivity index (χ2n) is 4.05. The van der Waals surface area contributed by atoms with Gasteiger partial charge in [0, 0.05) is 5.56 Å². The minimum absolute atomic E-state index is 0.251. The summed E-state index contributed by atoms with van der Waals surface area (Å²) in [6, 6.07) is 10.8. The number of aromatic carboxylic acids is 1. The summed E-state index contributed by atoms with van der Waals surface area (Å²) < 4.78 is 5.29. The second-order valence-corrected chi connectivity index (χ2v) is 4.05. The van der Waals surface area contributed by atoms with Crippen LogP contribution in [0.4, 0.5) is 0 Å². The Kier molecular flexibility index (Phi) is 3.80. The number of aromatic nitrogens is 1. The van der Waals surface area contributed by atoms with Crippen LogP contribution in [0.25, 0.3) is 11.3 Å². The van der Waals surface area contributed by atoms with Gasteiger partial charge >= 0.3 is 5.97 Å². The number of carboxylic acids is 1. The number of aryl methyl sites for hydroxylation is 1. The molecule has 4 nitrogen and oxygen atoms in total. The van der Waals surface area contributed by atoms with Crippen LogP contribution in [0.2, 0.25) is 0 Å². The van der Waals surface area contributed by atoms with E-state index in [1.54, 1.807) is 19.2 Å². The van der Waals surface area contributed by atoms with E-state index >= 15 is 0 Å². The zero-order chi connectivity index (χ0) is 13.8. The van der Waals surface area contributed by atoms with Crippen LogP contribution < -0.4 is 4.74 Å². The Morgan fingerprint density at radius 3 is 2.63 bits per heavy atom. The van der Waals surface area contributed by atoms with Gasteiger partial charge in [-0.3, -0.25) is 4.98 Å². The predicted molar refractivity (Wildman–Crippen MR) is 72.6 cm³/mol. The molecular formula is C15H15NO3. The van der Waals surface area contributed by atoms with Crippen molar-refractivity contribution in [2.45, 2.75) is 13.3 Å². The van der Waals surface area contributed by atoms with Gasteiger partial charge in [0.25, 0.3) is 0 Å². The summed E-state index contributed by atoms with van der Waals surface area (Å²) in [7, 11) is 1.60. The number of methoxy groups -OCH3 is 1. The summed E-state index contributed by atoms with van der Waals surface area (Å²) in [6.45, 7) is 1.89. The van der Waals surface area contributed by atoms with Gasteiger partial charge in [-0.2, -0.15) is 0 Å². The van der Waals surface area contributed by atoms with Crippen LogP contribution in [-0.4, -0.2) is 23.2 Å². The van der Waals surface area contributed by atoms with Crippen LogP contribution in [0.1, 0.15) is 23.0 Å². The number of carbonyl (C=O) groups is 1. The highest BCUT2D eigenvalue weighted by Crippen LogP contribution is 2.28. The number of hydrogen-bond acceptors (Lipinski definition) is 3. The molecule has 0 saturated heterocycles. The highest BCUT2D eigenvalue weighted by atomic mass is 16.5. The molecule has 98 valence electrons. The van der Waals surface area contributed by atoms with E-state index in [2.05, 4.69) is 4.98 Å². The monoisotopic (exact) mass is 257 g/mol. The summed E-state index contributed by atoms with van der Waals surface area (Å²) >= 11 is 0. The zero-order valence-corrected chi connectivity index (χ0v) is 10.9. The highest BCUT2D eigenvalue weighted by molar-refractivity contribution is 5.89. The lowest BCUT2D eigenvalue weighted by Gasteiger charge is -2.10. The van der Waals surface area contributed by atoms with Crippen molar-refractivity contribution >= 4 is 5.97 Å². The highest BCUT2D eigenvalue weighted by Gasteiger charge is 2.13. The van der Waals surface area contributed by atoms with Gasteiger partial charge in [0.2, 0.25) is 0 Å². The summed E-state index contributed by atoms with van der Waals surface area (Å²) in [5.41, 5.74) is 2.41. The summed E-state index contributed by atoms with van der Waals surface area (Å²) in [5, 5.41) is 9.09. The fourth-order valence-corrected chi connectivity index (χ4v) is 1.97. The lowest BCUT2D eigenvalue weighted by Crippen LogP contribution is -2.05. The predicted octanol–water partition coefficient (Wildman–Crippen LogP) is 3.02. The van der Waals surface area contributed by atoms with Gasteiger partial charge in [0.15, 0.2) is 0 Å². The number of para-hydroxylation sites is 1. The van der Waals surface area contributed by atoms with Gasteiger partial charge in [0.05, 0.1) is 24.1 Å². The number of nitrogens with zero attached hydrogens (tertiary/aromatic N) is 1. The Morgan fingerprint density at radius 1 is 1.26 bits per heavy atom. The van der Waals surface area contributed by atoms with Crippen LogP contribution in [-0.2, 0) is 6.42 Å². The molecule has 1 N–H and O–H groups in total. The molecule has 0 aliphatic heterocycles. The molecule has 0 fully saturated rings. The fourth-order valence-electron chi connectivity index (χ4n) is 1.97. The molecule has 1 aromatic carbocycles. The Bertz CT molecular complexity index is 608. The topological polar surface area (TPSA) is 59.4 Å². The molecule has 1 aromatic heterocycles. The van der Waals surface area contributed by atoms with Gasteiger partial charge < -0.3 is 9.84 Å². The minimum Gasteiger partial charge on any atom is -0.496 e. The quantitative estimate of drug-likeness (QED) is 0.914. The molecule has 2 aromatic rings. The smallest absolute Gasteiger partial charge is 0.337 e. The lowest BCUT2D eigenvalue weighted by atomic mass is 10.1. The Hall–Kier alpha value is -2.36. The number of hydrogen-bond donors (Lipinski definition) is 1. The van der Waals surface area contributed by atoms with E-state index in [-0.39, 0.29) is 5.56 Å². The number of benzene rings is 1. The number of pyridine rings is 1. The van der Waals surface area contributed by atoms with Crippen LogP contribution in [0.3, 0.4) is 0 Å². The van der Waals surface area contributed by atoms with E-state index < -0.39 is 5.97 Å². The van der Waals surface area contributed by atoms with Crippen LogP contribution >= 0.6 is 0 Å². The Balaban J connectivity index is 2.55. The third-order valence-electron chi connectivity index (χ3n) is 2.92. The maximum absolute atomic E-state index is 11.1. The molecule has 2 rings (SSSR count). The van der Waals surface area contributed by atoms with Crippen molar-refractivity contribution in [3.8, 4) is 17.0 Å². The van der Waals surface area contributed by atoms with Gasteiger partial charge in [0.1, 0.15) is 5.75 Å². The van der Waals surface area contributed by atoms with Crippen molar-refractivity contribution in [3.63, 3.8) is 0 Å². The lowest BCUT2D eigenvalue weighted by molar-refractivity contribution is 0.0695. The Labute approximate surface area is 111 Å². The maximum atomic E-state index is 11.1. The minimum atomic E-state index is -0.948. The molecule has 0 spiro atoms. The maximum Gasteiger partial charge on any atom is 0.337 e. The first-order valence-electron chi connectivity index (χ1n) is 6.04. The SMILES string of the molecule is CCc1nc(-c2ccccc2OC)ccc1C(=O)O. The first-order chi connectivity index (χ1) is 9.17. The van der Waals surface area contributed by atoms with E-state index in [1.807, 2.05) is 31.2 Å². The summed E-state index contributed by atoms with van der Waals surface area (Å²) in [6.07, 6.45) is 0.574. The summed E-state index contributed by atoms with van der Waals surface area (Å²) in [4.78, 5) is 15.5. The molecule has 0 amide bonds. The molecule has 0 atom stereocenters. The second kappa shape index (κ2) is 5.52. The van der Waals surface area contributed by atoms with E-state index in [0.29, 0.717) is 12.1 Å². The van der Waals surface area contributed by atoms with Gasteiger partial charge in [-0.1, -0.05) is 19.1 Å². The van der Waals surface area contributed by atoms with E-state index in [4.69, 9.17) is 9.84 Å². The van der Waals surface area contributed by atoms with Crippen molar-refractivity contribution in [1.29, 1.82) is 0 Å². The summed E-state index contributed by atoms with van der Waals surface area (Å²) in [5.74, 6) is -0.226. The first kappa shape index (κ1) is 13.1. The van der Waals surface area contributed by atoms with Crippen molar-refractivity contribution in [2.24, 2.45) is 0 Å². The third-order valence-corrected chi connectivity index (χ3v) is 2.92. The van der Waals surface area contributed by atoms with E-state index in [0.717, 1.165) is 17.0 Å². The van der Waals surface area contributed by atoms with Crippen molar-refractivity contribution in [2.75, 3.05) is 7.11 Å². The van der Waals surface area contributed by atoms with Crippen LogP contribution in [0, 0.1) is 0 Å². The first-order valence-corrected chi connectivity index (χ1v) is 6.04. The molecule has 0 unspecified atom stereocenters. The molecule has 0 radical (unpaired) electrons.